The molecule has 1 rings (SSSR count). The van der Waals surface area contributed by atoms with E-state index in [4.69, 9.17) is 0 Å². The second-order valence-electron chi connectivity index (χ2n) is 1.68. The summed E-state index contributed by atoms with van der Waals surface area (Å²) in [7, 11) is 0. The van der Waals surface area contributed by atoms with Crippen molar-refractivity contribution in [3.8, 4) is 0 Å². The maximum absolute atomic E-state index is 4.04. The highest BCUT2D eigenvalue weighted by Crippen LogP contribution is 2.14. The summed E-state index contributed by atoms with van der Waals surface area (Å²) < 4.78 is 0.866. The SMILES string of the molecule is Br/C=C/c1cccnc1Br. The fourth-order valence-corrected chi connectivity index (χ4v) is 1.26. The van der Waals surface area contributed by atoms with Gasteiger partial charge in [-0.15, -0.1) is 0 Å². The fourth-order valence-electron chi connectivity index (χ4n) is 0.591. The smallest absolute Gasteiger partial charge is 0.113 e. The number of halogens is 2. The normalized spacial score (nSPS) is 10.6. The van der Waals surface area contributed by atoms with Gasteiger partial charge in [-0.3, -0.25) is 0 Å². The molecule has 0 aliphatic heterocycles. The molecule has 0 amide bonds. The van der Waals surface area contributed by atoms with Gasteiger partial charge in [0.1, 0.15) is 4.60 Å². The molecule has 1 aromatic heterocycles. The number of nitrogens with zero attached hydrogens (tertiary/aromatic N) is 1. The van der Waals surface area contributed by atoms with Crippen molar-refractivity contribution in [2.45, 2.75) is 0 Å². The van der Waals surface area contributed by atoms with E-state index < -0.39 is 0 Å². The van der Waals surface area contributed by atoms with E-state index in [1.54, 1.807) is 11.2 Å². The van der Waals surface area contributed by atoms with Crippen LogP contribution in [0.5, 0.6) is 0 Å². The maximum atomic E-state index is 4.04. The molecule has 0 aliphatic rings. The van der Waals surface area contributed by atoms with Crippen LogP contribution in [-0.4, -0.2) is 4.98 Å². The van der Waals surface area contributed by atoms with Crippen LogP contribution in [0.15, 0.2) is 27.9 Å². The van der Waals surface area contributed by atoms with Gasteiger partial charge in [0.2, 0.25) is 0 Å². The Bertz CT molecular complexity index is 245. The van der Waals surface area contributed by atoms with Crippen molar-refractivity contribution < 1.29 is 0 Å². The van der Waals surface area contributed by atoms with Gasteiger partial charge in [0.05, 0.1) is 0 Å². The molecule has 0 saturated carbocycles. The third-order valence-corrected chi connectivity index (χ3v) is 1.96. The van der Waals surface area contributed by atoms with Gasteiger partial charge < -0.3 is 0 Å². The Morgan fingerprint density at radius 1 is 1.50 bits per heavy atom. The van der Waals surface area contributed by atoms with E-state index in [0.717, 1.165) is 10.2 Å². The first-order valence-electron chi connectivity index (χ1n) is 2.72. The van der Waals surface area contributed by atoms with Crippen LogP contribution in [0.1, 0.15) is 5.56 Å². The summed E-state index contributed by atoms with van der Waals surface area (Å²) in [4.78, 5) is 5.84. The van der Waals surface area contributed by atoms with Crippen LogP contribution in [0, 0.1) is 0 Å². The predicted octanol–water partition coefficient (Wildman–Crippen LogP) is 3.21. The van der Waals surface area contributed by atoms with Crippen molar-refractivity contribution in [2.24, 2.45) is 0 Å². The number of hydrogen-bond acceptors (Lipinski definition) is 1. The number of rotatable bonds is 1. The molecule has 0 unspecified atom stereocenters. The molecule has 0 saturated heterocycles. The Labute approximate surface area is 76.4 Å². The lowest BCUT2D eigenvalue weighted by Gasteiger charge is -1.92. The molecular weight excluding hydrogens is 258 g/mol. The Morgan fingerprint density at radius 3 is 2.90 bits per heavy atom. The molecular formula is C7H5Br2N. The largest absolute Gasteiger partial charge is 0.249 e. The monoisotopic (exact) mass is 261 g/mol. The Kier molecular flexibility index (Phi) is 3.09. The first-order valence-corrected chi connectivity index (χ1v) is 4.43. The van der Waals surface area contributed by atoms with Crippen LogP contribution >= 0.6 is 31.9 Å². The van der Waals surface area contributed by atoms with Gasteiger partial charge in [0, 0.05) is 11.8 Å². The molecule has 52 valence electrons. The van der Waals surface area contributed by atoms with E-state index in [1.807, 2.05) is 18.2 Å². The molecule has 1 heterocycles. The van der Waals surface area contributed by atoms with Gasteiger partial charge in [-0.05, 0) is 33.1 Å². The van der Waals surface area contributed by atoms with Gasteiger partial charge in [-0.1, -0.05) is 22.0 Å². The van der Waals surface area contributed by atoms with Crippen LogP contribution < -0.4 is 0 Å². The number of aromatic nitrogens is 1. The summed E-state index contributed by atoms with van der Waals surface area (Å²) in [6.07, 6.45) is 3.67. The predicted molar refractivity (Wildman–Crippen MR) is 49.9 cm³/mol. The standard InChI is InChI=1S/C7H5Br2N/c8-4-3-6-2-1-5-10-7(6)9/h1-5H/b4-3+. The lowest BCUT2D eigenvalue weighted by atomic mass is 10.3. The highest BCUT2D eigenvalue weighted by atomic mass is 79.9. The number of hydrogen-bond donors (Lipinski definition) is 0. The van der Waals surface area contributed by atoms with Crippen molar-refractivity contribution in [2.75, 3.05) is 0 Å². The third kappa shape index (κ3) is 1.92. The zero-order valence-corrected chi connectivity index (χ0v) is 8.26. The summed E-state index contributed by atoms with van der Waals surface area (Å²) in [5.41, 5.74) is 1.07. The van der Waals surface area contributed by atoms with Crippen molar-refractivity contribution in [1.29, 1.82) is 0 Å². The first-order chi connectivity index (χ1) is 4.84. The molecule has 0 N–H and O–H groups in total. The average molecular weight is 263 g/mol. The average Bonchev–Trinajstić information content (AvgIpc) is 1.94. The summed E-state index contributed by atoms with van der Waals surface area (Å²) in [5, 5.41) is 0. The second-order valence-corrected chi connectivity index (χ2v) is 2.96. The lowest BCUT2D eigenvalue weighted by Crippen LogP contribution is -1.77. The van der Waals surface area contributed by atoms with Crippen LogP contribution in [0.3, 0.4) is 0 Å². The van der Waals surface area contributed by atoms with Crippen LogP contribution in [-0.2, 0) is 0 Å². The minimum absolute atomic E-state index is 0.866. The minimum atomic E-state index is 0.866. The molecule has 0 bridgehead atoms. The Hall–Kier alpha value is -0.150. The molecule has 0 aliphatic carbocycles. The van der Waals surface area contributed by atoms with E-state index in [2.05, 4.69) is 36.8 Å². The Morgan fingerprint density at radius 2 is 2.30 bits per heavy atom. The Balaban J connectivity index is 3.03. The molecule has 0 aromatic carbocycles. The summed E-state index contributed by atoms with van der Waals surface area (Å²) in [6, 6.07) is 3.88. The van der Waals surface area contributed by atoms with E-state index >= 15 is 0 Å². The lowest BCUT2D eigenvalue weighted by molar-refractivity contribution is 1.26. The summed E-state index contributed by atoms with van der Waals surface area (Å²) in [5.74, 6) is 0. The quantitative estimate of drug-likeness (QED) is 0.709. The summed E-state index contributed by atoms with van der Waals surface area (Å²) >= 11 is 6.51. The minimum Gasteiger partial charge on any atom is -0.249 e. The van der Waals surface area contributed by atoms with E-state index in [0.29, 0.717) is 0 Å². The van der Waals surface area contributed by atoms with Gasteiger partial charge >= 0.3 is 0 Å². The zero-order valence-electron chi connectivity index (χ0n) is 5.09. The zero-order chi connectivity index (χ0) is 7.40. The topological polar surface area (TPSA) is 12.9 Å². The third-order valence-electron chi connectivity index (χ3n) is 1.03. The van der Waals surface area contributed by atoms with Crippen LogP contribution in [0.2, 0.25) is 0 Å². The van der Waals surface area contributed by atoms with Crippen molar-refractivity contribution in [1.82, 2.24) is 4.98 Å². The molecule has 0 atom stereocenters. The second kappa shape index (κ2) is 3.88. The number of pyridine rings is 1. The maximum Gasteiger partial charge on any atom is 0.113 e. The molecule has 3 heteroatoms. The highest BCUT2D eigenvalue weighted by Gasteiger charge is 1.91. The fraction of sp³-hybridized carbons (Fsp3) is 0. The first kappa shape index (κ1) is 7.95. The van der Waals surface area contributed by atoms with Crippen molar-refractivity contribution in [3.63, 3.8) is 0 Å². The highest BCUT2D eigenvalue weighted by molar-refractivity contribution is 9.11. The van der Waals surface area contributed by atoms with Crippen LogP contribution in [0.4, 0.5) is 0 Å². The van der Waals surface area contributed by atoms with E-state index in [9.17, 15) is 0 Å². The van der Waals surface area contributed by atoms with Crippen molar-refractivity contribution in [3.05, 3.63) is 33.5 Å². The van der Waals surface area contributed by atoms with Crippen LogP contribution in [0.25, 0.3) is 6.08 Å². The van der Waals surface area contributed by atoms with Gasteiger partial charge in [-0.25, -0.2) is 4.98 Å². The van der Waals surface area contributed by atoms with E-state index in [1.165, 1.54) is 0 Å². The van der Waals surface area contributed by atoms with Gasteiger partial charge in [0.25, 0.3) is 0 Å². The van der Waals surface area contributed by atoms with E-state index in [-0.39, 0.29) is 0 Å². The molecule has 10 heavy (non-hydrogen) atoms. The van der Waals surface area contributed by atoms with Crippen molar-refractivity contribution >= 4 is 37.9 Å². The van der Waals surface area contributed by atoms with Gasteiger partial charge in [0.15, 0.2) is 0 Å². The molecule has 0 radical (unpaired) electrons. The molecule has 1 nitrogen and oxygen atoms in total. The molecule has 0 fully saturated rings. The van der Waals surface area contributed by atoms with Gasteiger partial charge in [-0.2, -0.15) is 0 Å². The molecule has 1 aromatic rings. The summed E-state index contributed by atoms with van der Waals surface area (Å²) in [6.45, 7) is 0. The molecule has 0 spiro atoms.